The van der Waals surface area contributed by atoms with Gasteiger partial charge in [-0.2, -0.15) is 23.5 Å². The fourth-order valence-corrected chi connectivity index (χ4v) is 3.08. The van der Waals surface area contributed by atoms with Gasteiger partial charge in [0, 0.05) is 17.3 Å². The fraction of sp³-hybridized carbons (Fsp3) is 0.0667. The van der Waals surface area contributed by atoms with Crippen LogP contribution in [-0.2, 0) is 6.18 Å². The number of nitriles is 1. The van der Waals surface area contributed by atoms with Crippen molar-refractivity contribution in [2.75, 3.05) is 0 Å². The zero-order valence-electron chi connectivity index (χ0n) is 11.9. The Bertz CT molecular complexity index is 979. The van der Waals surface area contributed by atoms with Gasteiger partial charge >= 0.3 is 6.18 Å². The summed E-state index contributed by atoms with van der Waals surface area (Å²) in [5.41, 5.74) is -0.261. The molecule has 4 nitrogen and oxygen atoms in total. The molecular formula is C15H5Cl3F3N3O. The minimum Gasteiger partial charge on any atom is -0.452 e. The summed E-state index contributed by atoms with van der Waals surface area (Å²) in [5.74, 6) is 0. The highest BCUT2D eigenvalue weighted by Gasteiger charge is 2.32. The van der Waals surface area contributed by atoms with Crippen LogP contribution in [0, 0.1) is 11.3 Å². The smallest absolute Gasteiger partial charge is 0.416 e. The number of halogens is 6. The summed E-state index contributed by atoms with van der Waals surface area (Å²) in [4.78, 5) is 0. The van der Waals surface area contributed by atoms with Crippen molar-refractivity contribution in [1.82, 2.24) is 9.78 Å². The molecule has 0 aliphatic heterocycles. The van der Waals surface area contributed by atoms with Gasteiger partial charge in [0.15, 0.2) is 5.69 Å². The van der Waals surface area contributed by atoms with Crippen LogP contribution in [0.15, 0.2) is 35.1 Å². The Hall–Kier alpha value is -2.14. The topological polar surface area (TPSA) is 54.8 Å². The van der Waals surface area contributed by atoms with Gasteiger partial charge in [0.1, 0.15) is 11.8 Å². The van der Waals surface area contributed by atoms with Crippen LogP contribution >= 0.6 is 34.8 Å². The minimum atomic E-state index is -4.59. The molecule has 3 aromatic rings. The number of alkyl halides is 3. The molecule has 10 heteroatoms. The van der Waals surface area contributed by atoms with Crippen LogP contribution < -0.4 is 0 Å². The molecule has 2 aromatic heterocycles. The number of hydrogen-bond acceptors (Lipinski definition) is 3. The van der Waals surface area contributed by atoms with Crippen molar-refractivity contribution in [3.8, 4) is 22.9 Å². The maximum Gasteiger partial charge on any atom is 0.416 e. The van der Waals surface area contributed by atoms with Gasteiger partial charge in [-0.3, -0.25) is 0 Å². The lowest BCUT2D eigenvalue weighted by Crippen LogP contribution is -2.07. The van der Waals surface area contributed by atoms with E-state index in [0.717, 1.165) is 16.8 Å². The molecule has 128 valence electrons. The van der Waals surface area contributed by atoms with Gasteiger partial charge in [0.2, 0.25) is 5.22 Å². The Labute approximate surface area is 153 Å². The van der Waals surface area contributed by atoms with Crippen LogP contribution in [0.5, 0.6) is 0 Å². The van der Waals surface area contributed by atoms with Gasteiger partial charge in [-0.15, -0.1) is 0 Å². The molecule has 0 bridgehead atoms. The molecule has 0 radical (unpaired) electrons. The van der Waals surface area contributed by atoms with Crippen molar-refractivity contribution in [3.05, 3.63) is 57.2 Å². The fourth-order valence-electron chi connectivity index (χ4n) is 2.20. The third kappa shape index (κ3) is 3.21. The second kappa shape index (κ2) is 6.30. The van der Waals surface area contributed by atoms with Crippen molar-refractivity contribution in [1.29, 1.82) is 5.26 Å². The zero-order valence-corrected chi connectivity index (χ0v) is 14.2. The second-order valence-corrected chi connectivity index (χ2v) is 6.00. The number of furan rings is 1. The van der Waals surface area contributed by atoms with E-state index >= 15 is 0 Å². The first-order valence-electron chi connectivity index (χ1n) is 6.52. The highest BCUT2D eigenvalue weighted by molar-refractivity contribution is 6.38. The summed E-state index contributed by atoms with van der Waals surface area (Å²) >= 11 is 17.8. The third-order valence-corrected chi connectivity index (χ3v) is 4.17. The molecule has 0 unspecified atom stereocenters. The van der Waals surface area contributed by atoms with E-state index < -0.39 is 11.7 Å². The first-order valence-corrected chi connectivity index (χ1v) is 7.65. The van der Waals surface area contributed by atoms with E-state index in [4.69, 9.17) is 39.2 Å². The molecule has 3 rings (SSSR count). The normalized spacial score (nSPS) is 11.6. The van der Waals surface area contributed by atoms with Gasteiger partial charge in [0.05, 0.1) is 21.9 Å². The quantitative estimate of drug-likeness (QED) is 0.526. The Morgan fingerprint density at radius 2 is 1.76 bits per heavy atom. The van der Waals surface area contributed by atoms with E-state index in [-0.39, 0.29) is 26.6 Å². The van der Waals surface area contributed by atoms with E-state index in [1.807, 2.05) is 6.07 Å². The predicted molar refractivity (Wildman–Crippen MR) is 86.0 cm³/mol. The summed E-state index contributed by atoms with van der Waals surface area (Å²) in [6.45, 7) is 0. The average molecular weight is 407 g/mol. The molecule has 0 saturated heterocycles. The maximum atomic E-state index is 12.8. The Kier molecular flexibility index (Phi) is 4.45. The first-order chi connectivity index (χ1) is 11.7. The molecular weight excluding hydrogens is 402 g/mol. The summed E-state index contributed by atoms with van der Waals surface area (Å²) in [5, 5.41) is 12.8. The Balaban J connectivity index is 2.17. The third-order valence-electron chi connectivity index (χ3n) is 3.30. The van der Waals surface area contributed by atoms with Crippen LogP contribution in [0.4, 0.5) is 13.2 Å². The number of rotatable bonds is 2. The molecule has 0 fully saturated rings. The summed E-state index contributed by atoms with van der Waals surface area (Å²) in [6.07, 6.45) is -1.88. The van der Waals surface area contributed by atoms with Gasteiger partial charge in [-0.25, -0.2) is 4.68 Å². The first kappa shape index (κ1) is 17.7. The SMILES string of the molecule is N#Cc1nn(-c2c(Cl)cc(C(F)(F)F)cc2Cl)cc1-c1ccoc1Cl. The van der Waals surface area contributed by atoms with Crippen molar-refractivity contribution in [3.63, 3.8) is 0 Å². The highest BCUT2D eigenvalue weighted by Crippen LogP contribution is 2.38. The predicted octanol–water partition coefficient (Wildman–Crippen LogP) is 5.98. The lowest BCUT2D eigenvalue weighted by molar-refractivity contribution is -0.137. The molecule has 1 aromatic carbocycles. The Morgan fingerprint density at radius 1 is 1.12 bits per heavy atom. The molecule has 0 aliphatic carbocycles. The van der Waals surface area contributed by atoms with Crippen LogP contribution in [0.1, 0.15) is 11.3 Å². The number of benzene rings is 1. The Morgan fingerprint density at radius 3 is 2.24 bits per heavy atom. The van der Waals surface area contributed by atoms with Crippen molar-refractivity contribution in [2.45, 2.75) is 6.18 Å². The molecule has 0 atom stereocenters. The lowest BCUT2D eigenvalue weighted by Gasteiger charge is -2.12. The van der Waals surface area contributed by atoms with Crippen LogP contribution in [0.2, 0.25) is 15.3 Å². The van der Waals surface area contributed by atoms with Crippen molar-refractivity contribution < 1.29 is 17.6 Å². The van der Waals surface area contributed by atoms with E-state index in [2.05, 4.69) is 5.10 Å². The summed E-state index contributed by atoms with van der Waals surface area (Å²) in [7, 11) is 0. The number of hydrogen-bond donors (Lipinski definition) is 0. The maximum absolute atomic E-state index is 12.8. The van der Waals surface area contributed by atoms with Crippen molar-refractivity contribution in [2.24, 2.45) is 0 Å². The second-order valence-electron chi connectivity index (χ2n) is 4.84. The van der Waals surface area contributed by atoms with Gasteiger partial charge in [-0.05, 0) is 29.8 Å². The zero-order chi connectivity index (χ0) is 18.4. The molecule has 0 aliphatic rings. The average Bonchev–Trinajstić information content (AvgIpc) is 3.11. The van der Waals surface area contributed by atoms with Crippen LogP contribution in [0.25, 0.3) is 16.8 Å². The van der Waals surface area contributed by atoms with E-state index in [0.29, 0.717) is 11.1 Å². The van der Waals surface area contributed by atoms with Crippen LogP contribution in [0.3, 0.4) is 0 Å². The molecule has 25 heavy (non-hydrogen) atoms. The minimum absolute atomic E-state index is 0.0127. The van der Waals surface area contributed by atoms with E-state index in [9.17, 15) is 18.4 Å². The molecule has 0 saturated carbocycles. The molecule has 0 N–H and O–H groups in total. The van der Waals surface area contributed by atoms with Crippen LogP contribution in [-0.4, -0.2) is 9.78 Å². The number of aromatic nitrogens is 2. The summed E-state index contributed by atoms with van der Waals surface area (Å²) in [6, 6.07) is 4.88. The monoisotopic (exact) mass is 405 g/mol. The molecule has 2 heterocycles. The van der Waals surface area contributed by atoms with Gasteiger partial charge in [0.25, 0.3) is 0 Å². The highest BCUT2D eigenvalue weighted by atomic mass is 35.5. The van der Waals surface area contributed by atoms with Gasteiger partial charge in [-0.1, -0.05) is 23.2 Å². The van der Waals surface area contributed by atoms with Crippen molar-refractivity contribution >= 4 is 34.8 Å². The molecule has 0 spiro atoms. The largest absolute Gasteiger partial charge is 0.452 e. The summed E-state index contributed by atoms with van der Waals surface area (Å²) < 4.78 is 44.6. The van der Waals surface area contributed by atoms with E-state index in [1.165, 1.54) is 18.5 Å². The van der Waals surface area contributed by atoms with Gasteiger partial charge < -0.3 is 4.42 Å². The molecule has 0 amide bonds. The number of nitrogens with zero attached hydrogens (tertiary/aromatic N) is 3. The van der Waals surface area contributed by atoms with E-state index in [1.54, 1.807) is 0 Å². The lowest BCUT2D eigenvalue weighted by atomic mass is 10.1. The standard InChI is InChI=1S/C15H5Cl3F3N3O/c16-10-3-7(15(19,20)21)4-11(17)13(10)24-6-9(12(5-22)23-24)8-1-2-25-14(8)18/h1-4,6H.